The molecule has 120 valence electrons. The van der Waals surface area contributed by atoms with E-state index in [0.717, 1.165) is 5.56 Å². The van der Waals surface area contributed by atoms with Gasteiger partial charge < -0.3 is 14.9 Å². The van der Waals surface area contributed by atoms with Gasteiger partial charge in [-0.05, 0) is 11.6 Å². The summed E-state index contributed by atoms with van der Waals surface area (Å²) in [6.07, 6.45) is 0.697. The minimum atomic E-state index is -0.781. The fraction of sp³-hybridized carbons (Fsp3) is 0.312. The van der Waals surface area contributed by atoms with Crippen molar-refractivity contribution in [3.63, 3.8) is 0 Å². The molecule has 7 nitrogen and oxygen atoms in total. The maximum atomic E-state index is 12.4. The van der Waals surface area contributed by atoms with E-state index in [9.17, 15) is 14.7 Å². The summed E-state index contributed by atoms with van der Waals surface area (Å²) in [6.45, 7) is 0.694. The van der Waals surface area contributed by atoms with E-state index in [2.05, 4.69) is 10.2 Å². The molecule has 2 heterocycles. The zero-order valence-electron chi connectivity index (χ0n) is 12.6. The molecule has 1 saturated heterocycles. The lowest BCUT2D eigenvalue weighted by atomic mass is 10.2. The number of rotatable bonds is 3. The van der Waals surface area contributed by atoms with E-state index in [-0.39, 0.29) is 31.4 Å². The quantitative estimate of drug-likeness (QED) is 0.850. The van der Waals surface area contributed by atoms with Gasteiger partial charge in [0.15, 0.2) is 0 Å². The number of aliphatic hydroxyl groups is 1. The number of nitrogens with one attached hydrogen (secondary N) is 1. The van der Waals surface area contributed by atoms with Crippen LogP contribution in [0, 0.1) is 0 Å². The molecule has 1 atom stereocenters. The molecule has 1 aliphatic heterocycles. The number of hydrogen-bond donors (Lipinski definition) is 2. The SMILES string of the molecule is O=C1CN(C(=O)c2ccn[nH]2)CC(O)CN1Cc1ccccc1. The minimum absolute atomic E-state index is 0.0538. The smallest absolute Gasteiger partial charge is 0.272 e. The Hall–Kier alpha value is -2.67. The third-order valence-corrected chi connectivity index (χ3v) is 3.78. The number of benzene rings is 1. The van der Waals surface area contributed by atoms with E-state index in [1.54, 1.807) is 11.0 Å². The standard InChI is InChI=1S/C16H18N4O3/c21-13-9-19(8-12-4-2-1-3-5-12)15(22)11-20(10-13)16(23)14-6-7-17-18-14/h1-7,13,21H,8-11H2,(H,17,18). The lowest BCUT2D eigenvalue weighted by Gasteiger charge is -2.21. The Morgan fingerprint density at radius 3 is 2.74 bits per heavy atom. The lowest BCUT2D eigenvalue weighted by molar-refractivity contribution is -0.131. The number of nitrogens with zero attached hydrogens (tertiary/aromatic N) is 3. The van der Waals surface area contributed by atoms with Gasteiger partial charge in [-0.25, -0.2) is 0 Å². The first-order valence-electron chi connectivity index (χ1n) is 7.42. The number of aromatic nitrogens is 2. The summed E-state index contributed by atoms with van der Waals surface area (Å²) in [6, 6.07) is 11.1. The van der Waals surface area contributed by atoms with Crippen LogP contribution in [-0.2, 0) is 11.3 Å². The van der Waals surface area contributed by atoms with Gasteiger partial charge in [0.25, 0.3) is 5.91 Å². The van der Waals surface area contributed by atoms with E-state index < -0.39 is 6.10 Å². The van der Waals surface area contributed by atoms with Crippen LogP contribution < -0.4 is 0 Å². The van der Waals surface area contributed by atoms with Crippen molar-refractivity contribution in [1.29, 1.82) is 0 Å². The normalized spacial score (nSPS) is 18.8. The number of H-pyrrole nitrogens is 1. The molecule has 7 heteroatoms. The molecule has 1 aliphatic rings. The highest BCUT2D eigenvalue weighted by Gasteiger charge is 2.30. The second-order valence-corrected chi connectivity index (χ2v) is 5.57. The van der Waals surface area contributed by atoms with Gasteiger partial charge in [0.05, 0.1) is 6.10 Å². The largest absolute Gasteiger partial charge is 0.389 e. The Labute approximate surface area is 133 Å². The second kappa shape index (κ2) is 6.62. The molecule has 2 amide bonds. The first-order valence-corrected chi connectivity index (χ1v) is 7.42. The maximum Gasteiger partial charge on any atom is 0.272 e. The molecule has 3 rings (SSSR count). The van der Waals surface area contributed by atoms with Gasteiger partial charge in [-0.2, -0.15) is 5.10 Å². The number of carbonyl (C=O) groups excluding carboxylic acids is 2. The van der Waals surface area contributed by atoms with E-state index in [0.29, 0.717) is 12.2 Å². The van der Waals surface area contributed by atoms with E-state index in [4.69, 9.17) is 0 Å². The summed E-state index contributed by atoms with van der Waals surface area (Å²) in [7, 11) is 0. The molecule has 0 spiro atoms. The third kappa shape index (κ3) is 3.57. The summed E-state index contributed by atoms with van der Waals surface area (Å²) in [5, 5.41) is 16.5. The van der Waals surface area contributed by atoms with Crippen LogP contribution >= 0.6 is 0 Å². The van der Waals surface area contributed by atoms with E-state index in [1.165, 1.54) is 11.1 Å². The molecular formula is C16H18N4O3. The number of β-amino-alcohol motifs (C(OH)–C–C–N with tert-alkyl or cyclic N) is 1. The van der Waals surface area contributed by atoms with Crippen molar-refractivity contribution in [2.75, 3.05) is 19.6 Å². The Morgan fingerprint density at radius 1 is 1.26 bits per heavy atom. The first-order chi connectivity index (χ1) is 11.1. The average Bonchev–Trinajstić information content (AvgIpc) is 3.03. The number of amides is 2. The van der Waals surface area contributed by atoms with Crippen LogP contribution in [0.1, 0.15) is 16.1 Å². The Morgan fingerprint density at radius 2 is 2.04 bits per heavy atom. The fourth-order valence-corrected chi connectivity index (χ4v) is 2.65. The summed E-state index contributed by atoms with van der Waals surface area (Å²) in [4.78, 5) is 27.7. The first kappa shape index (κ1) is 15.2. The van der Waals surface area contributed by atoms with Gasteiger partial charge in [0.2, 0.25) is 5.91 Å². The van der Waals surface area contributed by atoms with Crippen LogP contribution in [0.5, 0.6) is 0 Å². The fourth-order valence-electron chi connectivity index (χ4n) is 2.65. The van der Waals surface area contributed by atoms with Crippen LogP contribution in [0.4, 0.5) is 0 Å². The molecular weight excluding hydrogens is 296 g/mol. The van der Waals surface area contributed by atoms with Crippen molar-refractivity contribution in [1.82, 2.24) is 20.0 Å². The molecule has 2 aromatic rings. The number of aromatic amines is 1. The van der Waals surface area contributed by atoms with Crippen LogP contribution in [0.3, 0.4) is 0 Å². The third-order valence-electron chi connectivity index (χ3n) is 3.78. The molecule has 0 radical (unpaired) electrons. The molecule has 1 aromatic carbocycles. The maximum absolute atomic E-state index is 12.4. The van der Waals surface area contributed by atoms with Gasteiger partial charge in [0, 0.05) is 25.8 Å². The highest BCUT2D eigenvalue weighted by Crippen LogP contribution is 2.12. The highest BCUT2D eigenvalue weighted by atomic mass is 16.3. The molecule has 0 saturated carbocycles. The molecule has 0 bridgehead atoms. The molecule has 23 heavy (non-hydrogen) atoms. The molecule has 1 unspecified atom stereocenters. The lowest BCUT2D eigenvalue weighted by Crippen LogP contribution is -2.39. The number of hydrogen-bond acceptors (Lipinski definition) is 4. The Kier molecular flexibility index (Phi) is 4.38. The predicted octanol–water partition coefficient (Wildman–Crippen LogP) is 0.255. The molecule has 1 aromatic heterocycles. The zero-order valence-corrected chi connectivity index (χ0v) is 12.6. The van der Waals surface area contributed by atoms with Crippen molar-refractivity contribution >= 4 is 11.8 Å². The minimum Gasteiger partial charge on any atom is -0.389 e. The summed E-state index contributed by atoms with van der Waals surface area (Å²) < 4.78 is 0. The molecule has 0 aliphatic carbocycles. The van der Waals surface area contributed by atoms with Crippen LogP contribution in [0.15, 0.2) is 42.6 Å². The predicted molar refractivity (Wildman–Crippen MR) is 82.4 cm³/mol. The summed E-state index contributed by atoms with van der Waals surface area (Å²) >= 11 is 0. The highest BCUT2D eigenvalue weighted by molar-refractivity contribution is 5.95. The van der Waals surface area contributed by atoms with Gasteiger partial charge in [-0.15, -0.1) is 0 Å². The van der Waals surface area contributed by atoms with Crippen molar-refractivity contribution in [2.24, 2.45) is 0 Å². The number of aliphatic hydroxyl groups excluding tert-OH is 1. The molecule has 1 fully saturated rings. The van der Waals surface area contributed by atoms with Crippen LogP contribution in [0.2, 0.25) is 0 Å². The van der Waals surface area contributed by atoms with Gasteiger partial charge in [-0.3, -0.25) is 14.7 Å². The summed E-state index contributed by atoms with van der Waals surface area (Å²) in [5.74, 6) is -0.519. The van der Waals surface area contributed by atoms with Crippen molar-refractivity contribution in [3.05, 3.63) is 53.9 Å². The van der Waals surface area contributed by atoms with Gasteiger partial charge in [-0.1, -0.05) is 30.3 Å². The van der Waals surface area contributed by atoms with Gasteiger partial charge >= 0.3 is 0 Å². The van der Waals surface area contributed by atoms with Gasteiger partial charge in [0.1, 0.15) is 12.2 Å². The number of carbonyl (C=O) groups is 2. The van der Waals surface area contributed by atoms with Crippen molar-refractivity contribution in [2.45, 2.75) is 12.6 Å². The van der Waals surface area contributed by atoms with Crippen molar-refractivity contribution in [3.8, 4) is 0 Å². The molecule has 2 N–H and O–H groups in total. The van der Waals surface area contributed by atoms with E-state index >= 15 is 0 Å². The second-order valence-electron chi connectivity index (χ2n) is 5.57. The topological polar surface area (TPSA) is 89.5 Å². The van der Waals surface area contributed by atoms with Crippen molar-refractivity contribution < 1.29 is 14.7 Å². The Bertz CT molecular complexity index is 672. The zero-order chi connectivity index (χ0) is 16.2. The summed E-state index contributed by atoms with van der Waals surface area (Å²) in [5.41, 5.74) is 1.29. The van der Waals surface area contributed by atoms with Crippen LogP contribution in [-0.4, -0.2) is 62.7 Å². The van der Waals surface area contributed by atoms with E-state index in [1.807, 2.05) is 30.3 Å². The Balaban J connectivity index is 1.72. The average molecular weight is 314 g/mol. The van der Waals surface area contributed by atoms with Crippen LogP contribution in [0.25, 0.3) is 0 Å². The monoisotopic (exact) mass is 314 g/mol.